The number of likely N-dealkylation sites (N-methyl/N-ethyl adjacent to an activating group) is 1. The molecule has 1 amide bonds. The number of nitrogens with zero attached hydrogens (tertiary/aromatic N) is 1. The molecule has 0 heterocycles. The summed E-state index contributed by atoms with van der Waals surface area (Å²) in [6, 6.07) is 0.356. The molecule has 0 aromatic rings. The minimum atomic E-state index is -0.454. The summed E-state index contributed by atoms with van der Waals surface area (Å²) < 4.78 is 0. The normalized spacial score (nSPS) is 15.7. The zero-order valence-electron chi connectivity index (χ0n) is 9.67. The highest BCUT2D eigenvalue weighted by atomic mass is 35.5. The molecule has 4 heteroatoms. The second-order valence-corrected chi connectivity index (χ2v) is 4.79. The highest BCUT2D eigenvalue weighted by Crippen LogP contribution is 2.06. The van der Waals surface area contributed by atoms with Crippen LogP contribution in [0.15, 0.2) is 0 Å². The largest absolute Gasteiger partial charge is 0.353 e. The third-order valence-electron chi connectivity index (χ3n) is 2.28. The molecule has 0 radical (unpaired) electrons. The van der Waals surface area contributed by atoms with Gasteiger partial charge in [-0.3, -0.25) is 4.79 Å². The Bertz CT molecular complexity index is 173. The number of halogens is 1. The lowest BCUT2D eigenvalue weighted by Crippen LogP contribution is -2.44. The summed E-state index contributed by atoms with van der Waals surface area (Å²) in [5.74, 6) is 0.412. The van der Waals surface area contributed by atoms with Crippen molar-refractivity contribution >= 4 is 17.5 Å². The molecule has 14 heavy (non-hydrogen) atoms. The second-order valence-electron chi connectivity index (χ2n) is 4.14. The van der Waals surface area contributed by atoms with Gasteiger partial charge in [0, 0.05) is 12.6 Å². The molecular weight excluding hydrogens is 200 g/mol. The summed E-state index contributed by atoms with van der Waals surface area (Å²) in [4.78, 5) is 13.3. The van der Waals surface area contributed by atoms with Gasteiger partial charge in [-0.1, -0.05) is 13.8 Å². The predicted molar refractivity (Wildman–Crippen MR) is 60.6 cm³/mol. The first kappa shape index (κ1) is 13.7. The molecule has 1 N–H and O–H groups in total. The number of alkyl halides is 1. The topological polar surface area (TPSA) is 32.3 Å². The first-order valence-electron chi connectivity index (χ1n) is 4.94. The van der Waals surface area contributed by atoms with Crippen LogP contribution in [0, 0.1) is 5.92 Å². The van der Waals surface area contributed by atoms with E-state index in [2.05, 4.69) is 24.1 Å². The summed E-state index contributed by atoms with van der Waals surface area (Å²) in [6.45, 7) is 6.61. The molecule has 2 unspecified atom stereocenters. The van der Waals surface area contributed by atoms with E-state index < -0.39 is 5.38 Å². The van der Waals surface area contributed by atoms with Gasteiger partial charge in [0.25, 0.3) is 0 Å². The van der Waals surface area contributed by atoms with Crippen LogP contribution in [0.2, 0.25) is 0 Å². The molecule has 0 saturated heterocycles. The maximum absolute atomic E-state index is 11.2. The third-order valence-corrected chi connectivity index (χ3v) is 2.48. The van der Waals surface area contributed by atoms with Crippen molar-refractivity contribution in [3.63, 3.8) is 0 Å². The van der Waals surface area contributed by atoms with Crippen molar-refractivity contribution in [1.29, 1.82) is 0 Å². The van der Waals surface area contributed by atoms with Crippen LogP contribution >= 0.6 is 11.6 Å². The van der Waals surface area contributed by atoms with Gasteiger partial charge in [0.05, 0.1) is 0 Å². The molecule has 0 aliphatic rings. The van der Waals surface area contributed by atoms with Gasteiger partial charge in [-0.15, -0.1) is 11.6 Å². The number of nitrogens with one attached hydrogen (secondary N) is 1. The Hall–Kier alpha value is -0.280. The molecule has 2 atom stereocenters. The van der Waals surface area contributed by atoms with Crippen LogP contribution in [0.5, 0.6) is 0 Å². The predicted octanol–water partition coefficient (Wildman–Crippen LogP) is 1.32. The van der Waals surface area contributed by atoms with Crippen molar-refractivity contribution < 1.29 is 4.79 Å². The summed E-state index contributed by atoms with van der Waals surface area (Å²) >= 11 is 5.65. The van der Waals surface area contributed by atoms with E-state index in [1.807, 2.05) is 14.1 Å². The number of hydrogen-bond acceptors (Lipinski definition) is 2. The van der Waals surface area contributed by atoms with Gasteiger partial charge in [-0.2, -0.15) is 0 Å². The smallest absolute Gasteiger partial charge is 0.237 e. The summed E-state index contributed by atoms with van der Waals surface area (Å²) in [6.07, 6.45) is 0. The van der Waals surface area contributed by atoms with Gasteiger partial charge >= 0.3 is 0 Å². The Morgan fingerprint density at radius 1 is 1.36 bits per heavy atom. The zero-order chi connectivity index (χ0) is 11.3. The quantitative estimate of drug-likeness (QED) is 0.709. The molecule has 0 saturated carbocycles. The molecule has 0 bridgehead atoms. The zero-order valence-corrected chi connectivity index (χ0v) is 10.4. The summed E-state index contributed by atoms with van der Waals surface area (Å²) in [7, 11) is 4.03. The molecule has 0 spiro atoms. The van der Waals surface area contributed by atoms with Crippen LogP contribution < -0.4 is 5.32 Å². The Morgan fingerprint density at radius 2 is 1.86 bits per heavy atom. The van der Waals surface area contributed by atoms with E-state index in [0.717, 1.165) is 0 Å². The summed E-state index contributed by atoms with van der Waals surface area (Å²) in [5, 5.41) is 2.38. The molecule has 0 aromatic carbocycles. The maximum atomic E-state index is 11.2. The number of amides is 1. The molecule has 0 aliphatic carbocycles. The van der Waals surface area contributed by atoms with Crippen LogP contribution in [0.1, 0.15) is 20.8 Å². The molecule has 0 aromatic heterocycles. The van der Waals surface area contributed by atoms with Crippen molar-refractivity contribution in [2.45, 2.75) is 32.2 Å². The highest BCUT2D eigenvalue weighted by Gasteiger charge is 2.17. The van der Waals surface area contributed by atoms with Gasteiger partial charge in [-0.05, 0) is 26.9 Å². The Balaban J connectivity index is 4.01. The molecule has 3 nitrogen and oxygen atoms in total. The standard InChI is InChI=1S/C10H21ClN2O/c1-7(2)9(13(4)5)6-12-10(14)8(3)11/h7-9H,6H2,1-5H3,(H,12,14). The van der Waals surface area contributed by atoms with Crippen LogP contribution in [0.3, 0.4) is 0 Å². The van der Waals surface area contributed by atoms with Crippen molar-refractivity contribution in [2.75, 3.05) is 20.6 Å². The van der Waals surface area contributed by atoms with Crippen LogP contribution in [0.25, 0.3) is 0 Å². The van der Waals surface area contributed by atoms with Gasteiger partial charge in [0.2, 0.25) is 5.91 Å². The number of carbonyl (C=O) groups excluding carboxylic acids is 1. The average molecular weight is 221 g/mol. The molecule has 84 valence electrons. The maximum Gasteiger partial charge on any atom is 0.237 e. The van der Waals surface area contributed by atoms with Gasteiger partial charge in [0.1, 0.15) is 5.38 Å². The van der Waals surface area contributed by atoms with Crippen molar-refractivity contribution in [3.8, 4) is 0 Å². The van der Waals surface area contributed by atoms with Gasteiger partial charge in [-0.25, -0.2) is 0 Å². The second kappa shape index (κ2) is 6.25. The molecular formula is C10H21ClN2O. The summed E-state index contributed by atoms with van der Waals surface area (Å²) in [5.41, 5.74) is 0. The fourth-order valence-corrected chi connectivity index (χ4v) is 1.44. The minimum Gasteiger partial charge on any atom is -0.353 e. The first-order chi connectivity index (χ1) is 6.36. The molecule has 0 aliphatic heterocycles. The van der Waals surface area contributed by atoms with Crippen LogP contribution in [0.4, 0.5) is 0 Å². The average Bonchev–Trinajstić information content (AvgIpc) is 2.02. The lowest BCUT2D eigenvalue weighted by atomic mass is 10.0. The molecule has 0 rings (SSSR count). The van der Waals surface area contributed by atoms with E-state index >= 15 is 0 Å². The van der Waals surface area contributed by atoms with Crippen LogP contribution in [-0.2, 0) is 4.79 Å². The van der Waals surface area contributed by atoms with E-state index in [9.17, 15) is 4.79 Å². The van der Waals surface area contributed by atoms with Gasteiger partial charge in [0.15, 0.2) is 0 Å². The highest BCUT2D eigenvalue weighted by molar-refractivity contribution is 6.30. The van der Waals surface area contributed by atoms with E-state index in [1.165, 1.54) is 0 Å². The fraction of sp³-hybridized carbons (Fsp3) is 0.900. The lowest BCUT2D eigenvalue weighted by molar-refractivity contribution is -0.120. The monoisotopic (exact) mass is 220 g/mol. The van der Waals surface area contributed by atoms with Gasteiger partial charge < -0.3 is 10.2 Å². The van der Waals surface area contributed by atoms with Crippen molar-refractivity contribution in [2.24, 2.45) is 5.92 Å². The van der Waals surface area contributed by atoms with E-state index in [1.54, 1.807) is 6.92 Å². The van der Waals surface area contributed by atoms with E-state index in [-0.39, 0.29) is 5.91 Å². The number of hydrogen-bond donors (Lipinski definition) is 1. The minimum absolute atomic E-state index is 0.0980. The first-order valence-corrected chi connectivity index (χ1v) is 5.38. The third kappa shape index (κ3) is 4.82. The SMILES string of the molecule is CC(Cl)C(=O)NCC(C(C)C)N(C)C. The van der Waals surface area contributed by atoms with Crippen molar-refractivity contribution in [3.05, 3.63) is 0 Å². The number of carbonyl (C=O) groups is 1. The number of rotatable bonds is 5. The Morgan fingerprint density at radius 3 is 2.14 bits per heavy atom. The molecule has 0 fully saturated rings. The van der Waals surface area contributed by atoms with Crippen LogP contribution in [-0.4, -0.2) is 42.9 Å². The Kier molecular flexibility index (Phi) is 6.12. The fourth-order valence-electron chi connectivity index (χ4n) is 1.36. The Labute approximate surface area is 91.8 Å². The van der Waals surface area contributed by atoms with E-state index in [0.29, 0.717) is 18.5 Å². The van der Waals surface area contributed by atoms with Crippen molar-refractivity contribution in [1.82, 2.24) is 10.2 Å². The lowest BCUT2D eigenvalue weighted by Gasteiger charge is -2.28. The van der Waals surface area contributed by atoms with E-state index in [4.69, 9.17) is 11.6 Å².